The number of halogens is 1. The van der Waals surface area contributed by atoms with E-state index in [4.69, 9.17) is 16.3 Å². The molecule has 0 aliphatic carbocycles. The number of benzene rings is 3. The normalized spacial score (nSPS) is 11.9. The molecule has 0 heterocycles. The predicted molar refractivity (Wildman–Crippen MR) is 149 cm³/mol. The molecule has 3 aromatic rings. The summed E-state index contributed by atoms with van der Waals surface area (Å²) in [6, 6.07) is 20.4. The van der Waals surface area contributed by atoms with Crippen LogP contribution in [0.25, 0.3) is 0 Å². The average Bonchev–Trinajstić information content (AvgIpc) is 2.93. The maximum atomic E-state index is 13.8. The number of hydrogen-bond acceptors (Lipinski definition) is 5. The summed E-state index contributed by atoms with van der Waals surface area (Å²) in [5.41, 5.74) is 0.965. The summed E-state index contributed by atoms with van der Waals surface area (Å²) in [5.74, 6) is -0.278. The van der Waals surface area contributed by atoms with Gasteiger partial charge in [0.25, 0.3) is 10.0 Å². The Balaban J connectivity index is 2.01. The van der Waals surface area contributed by atoms with Crippen molar-refractivity contribution in [2.75, 3.05) is 24.5 Å². The third kappa shape index (κ3) is 7.26. The molecule has 0 aromatic heterocycles. The molecule has 2 amide bonds. The first-order valence-corrected chi connectivity index (χ1v) is 14.0. The van der Waals surface area contributed by atoms with Crippen molar-refractivity contribution in [1.29, 1.82) is 0 Å². The molecule has 0 unspecified atom stereocenters. The van der Waals surface area contributed by atoms with Gasteiger partial charge in [0.1, 0.15) is 18.3 Å². The van der Waals surface area contributed by atoms with E-state index in [1.165, 1.54) is 23.1 Å². The van der Waals surface area contributed by atoms with Crippen LogP contribution in [0, 0.1) is 0 Å². The molecule has 202 valence electrons. The lowest BCUT2D eigenvalue weighted by Gasteiger charge is -2.32. The molecule has 10 heteroatoms. The topological polar surface area (TPSA) is 96.0 Å². The van der Waals surface area contributed by atoms with Crippen LogP contribution in [0.2, 0.25) is 5.02 Å². The van der Waals surface area contributed by atoms with Gasteiger partial charge in [-0.2, -0.15) is 0 Å². The molecule has 0 spiro atoms. The summed E-state index contributed by atoms with van der Waals surface area (Å²) in [6.45, 7) is 3.56. The SMILES string of the molecule is CCCNC(=O)[C@H](C)N(Cc1cccc(OC)c1)C(=O)CN(c1cccc(Cl)c1)S(=O)(=O)c1ccccc1. The van der Waals surface area contributed by atoms with Gasteiger partial charge in [-0.15, -0.1) is 0 Å². The van der Waals surface area contributed by atoms with E-state index in [2.05, 4.69) is 5.32 Å². The zero-order valence-electron chi connectivity index (χ0n) is 21.6. The monoisotopic (exact) mass is 557 g/mol. The number of carbonyl (C=O) groups is 2. The number of amides is 2. The Morgan fingerprint density at radius 1 is 1.00 bits per heavy atom. The van der Waals surface area contributed by atoms with Crippen molar-refractivity contribution in [1.82, 2.24) is 10.2 Å². The van der Waals surface area contributed by atoms with Gasteiger partial charge in [-0.05, 0) is 61.4 Å². The Bertz CT molecular complexity index is 1350. The molecule has 8 nitrogen and oxygen atoms in total. The molecule has 3 aromatic carbocycles. The predicted octanol–water partition coefficient (Wildman–Crippen LogP) is 4.49. The molecule has 0 radical (unpaired) electrons. The van der Waals surface area contributed by atoms with Crippen LogP contribution in [0.15, 0.2) is 83.8 Å². The second-order valence-electron chi connectivity index (χ2n) is 8.64. The van der Waals surface area contributed by atoms with Crippen molar-refractivity contribution in [3.8, 4) is 5.75 Å². The first kappa shape index (κ1) is 29.0. The molecule has 0 fully saturated rings. The number of sulfonamides is 1. The standard InChI is InChI=1S/C28H32ClN3O5S/c1-4-16-30-28(34)21(2)31(19-22-10-8-13-25(17-22)37-3)27(33)20-32(24-12-9-11-23(29)18-24)38(35,36)26-14-6-5-7-15-26/h5-15,17-18,21H,4,16,19-20H2,1-3H3,(H,30,34)/t21-/m0/s1. The Morgan fingerprint density at radius 2 is 1.71 bits per heavy atom. The average molecular weight is 558 g/mol. The van der Waals surface area contributed by atoms with Gasteiger partial charge < -0.3 is 15.0 Å². The number of nitrogens with one attached hydrogen (secondary N) is 1. The van der Waals surface area contributed by atoms with Gasteiger partial charge in [0.05, 0.1) is 17.7 Å². The fourth-order valence-corrected chi connectivity index (χ4v) is 5.44. The zero-order valence-corrected chi connectivity index (χ0v) is 23.2. The molecular weight excluding hydrogens is 526 g/mol. The van der Waals surface area contributed by atoms with Crippen LogP contribution in [0.3, 0.4) is 0 Å². The maximum Gasteiger partial charge on any atom is 0.264 e. The van der Waals surface area contributed by atoms with Gasteiger partial charge in [-0.25, -0.2) is 8.42 Å². The van der Waals surface area contributed by atoms with E-state index in [1.54, 1.807) is 68.6 Å². The molecule has 1 N–H and O–H groups in total. The van der Waals surface area contributed by atoms with Crippen molar-refractivity contribution >= 4 is 39.1 Å². The van der Waals surface area contributed by atoms with Crippen LogP contribution in [0.1, 0.15) is 25.8 Å². The van der Waals surface area contributed by atoms with Crippen molar-refractivity contribution < 1.29 is 22.7 Å². The van der Waals surface area contributed by atoms with Crippen LogP contribution in [-0.4, -0.2) is 51.4 Å². The van der Waals surface area contributed by atoms with Crippen molar-refractivity contribution in [2.24, 2.45) is 0 Å². The first-order valence-electron chi connectivity index (χ1n) is 12.2. The lowest BCUT2D eigenvalue weighted by Crippen LogP contribution is -2.51. The molecule has 0 aliphatic rings. The van der Waals surface area contributed by atoms with Gasteiger partial charge >= 0.3 is 0 Å². The number of carbonyl (C=O) groups excluding carboxylic acids is 2. The molecule has 1 atom stereocenters. The van der Waals surface area contributed by atoms with E-state index in [1.807, 2.05) is 13.0 Å². The minimum Gasteiger partial charge on any atom is -0.497 e. The van der Waals surface area contributed by atoms with Crippen LogP contribution < -0.4 is 14.4 Å². The summed E-state index contributed by atoms with van der Waals surface area (Å²) in [4.78, 5) is 28.1. The van der Waals surface area contributed by atoms with Crippen LogP contribution in [0.4, 0.5) is 5.69 Å². The molecule has 0 bridgehead atoms. The second kappa shape index (κ2) is 13.3. The second-order valence-corrected chi connectivity index (χ2v) is 10.9. The molecule has 3 rings (SSSR count). The van der Waals surface area contributed by atoms with Crippen molar-refractivity contribution in [2.45, 2.75) is 37.8 Å². The number of rotatable bonds is 12. The van der Waals surface area contributed by atoms with Gasteiger partial charge in [0.15, 0.2) is 0 Å². The Morgan fingerprint density at radius 3 is 2.37 bits per heavy atom. The van der Waals surface area contributed by atoms with Crippen LogP contribution >= 0.6 is 11.6 Å². The highest BCUT2D eigenvalue weighted by Gasteiger charge is 2.32. The van der Waals surface area contributed by atoms with E-state index in [9.17, 15) is 18.0 Å². The number of hydrogen-bond donors (Lipinski definition) is 1. The summed E-state index contributed by atoms with van der Waals surface area (Å²) in [6.07, 6.45) is 0.736. The van der Waals surface area contributed by atoms with Crippen molar-refractivity contribution in [3.05, 3.63) is 89.4 Å². The Labute approximate surface area is 229 Å². The number of nitrogens with zero attached hydrogens (tertiary/aromatic N) is 2. The lowest BCUT2D eigenvalue weighted by atomic mass is 10.1. The highest BCUT2D eigenvalue weighted by molar-refractivity contribution is 7.92. The van der Waals surface area contributed by atoms with Crippen LogP contribution in [-0.2, 0) is 26.2 Å². The maximum absolute atomic E-state index is 13.8. The smallest absolute Gasteiger partial charge is 0.264 e. The number of ether oxygens (including phenoxy) is 1. The third-order valence-corrected chi connectivity index (χ3v) is 7.93. The molecule has 0 saturated carbocycles. The van der Waals surface area contributed by atoms with Gasteiger partial charge in [0, 0.05) is 18.1 Å². The van der Waals surface area contributed by atoms with E-state index >= 15 is 0 Å². The Kier molecular flexibility index (Phi) is 10.2. The summed E-state index contributed by atoms with van der Waals surface area (Å²) in [5, 5.41) is 3.14. The van der Waals surface area contributed by atoms with Crippen LogP contribution in [0.5, 0.6) is 5.75 Å². The van der Waals surface area contributed by atoms with Gasteiger partial charge in [-0.3, -0.25) is 13.9 Å². The lowest BCUT2D eigenvalue weighted by molar-refractivity contribution is -0.139. The third-order valence-electron chi connectivity index (χ3n) is 5.91. The largest absolute Gasteiger partial charge is 0.497 e. The van der Waals surface area contributed by atoms with Crippen molar-refractivity contribution in [3.63, 3.8) is 0 Å². The van der Waals surface area contributed by atoms with E-state index < -0.39 is 28.5 Å². The minimum atomic E-state index is -4.14. The summed E-state index contributed by atoms with van der Waals surface area (Å²) >= 11 is 6.18. The van der Waals surface area contributed by atoms with Gasteiger partial charge in [-0.1, -0.05) is 54.9 Å². The minimum absolute atomic E-state index is 0.0286. The van der Waals surface area contributed by atoms with E-state index in [0.29, 0.717) is 17.3 Å². The van der Waals surface area contributed by atoms with E-state index in [-0.39, 0.29) is 23.0 Å². The fraction of sp³-hybridized carbons (Fsp3) is 0.286. The highest BCUT2D eigenvalue weighted by Crippen LogP contribution is 2.27. The molecule has 0 aliphatic heterocycles. The van der Waals surface area contributed by atoms with E-state index in [0.717, 1.165) is 16.3 Å². The summed E-state index contributed by atoms with van der Waals surface area (Å²) < 4.78 is 33.7. The van der Waals surface area contributed by atoms with Gasteiger partial charge in [0.2, 0.25) is 11.8 Å². The molecular formula is C28H32ClN3O5S. The quantitative estimate of drug-likeness (QED) is 0.354. The fourth-order valence-electron chi connectivity index (χ4n) is 3.83. The number of anilines is 1. The summed E-state index contributed by atoms with van der Waals surface area (Å²) in [7, 11) is -2.59. The number of methoxy groups -OCH3 is 1. The Hall–Kier alpha value is -3.56. The molecule has 0 saturated heterocycles. The first-order chi connectivity index (χ1) is 18.2. The highest BCUT2D eigenvalue weighted by atomic mass is 35.5. The molecule has 38 heavy (non-hydrogen) atoms. The zero-order chi connectivity index (χ0) is 27.7.